The van der Waals surface area contributed by atoms with Crippen molar-refractivity contribution < 1.29 is 4.79 Å². The maximum Gasteiger partial charge on any atom is 0.331 e. The molecule has 6 nitrogen and oxygen atoms in total. The van der Waals surface area contributed by atoms with Gasteiger partial charge in [0, 0.05) is 12.6 Å². The molecule has 0 fully saturated rings. The van der Waals surface area contributed by atoms with E-state index < -0.39 is 5.69 Å². The minimum absolute atomic E-state index is 0.0477. The van der Waals surface area contributed by atoms with E-state index in [4.69, 9.17) is 0 Å². The molecule has 0 aliphatic rings. The van der Waals surface area contributed by atoms with Gasteiger partial charge in [-0.1, -0.05) is 19.1 Å². The van der Waals surface area contributed by atoms with Gasteiger partial charge in [-0.15, -0.1) is 0 Å². The number of nitrogens with zero attached hydrogens (tertiary/aromatic N) is 2. The molecule has 0 saturated heterocycles. The highest BCUT2D eigenvalue weighted by atomic mass is 16.2. The van der Waals surface area contributed by atoms with Gasteiger partial charge in [0.05, 0.1) is 10.9 Å². The fourth-order valence-electron chi connectivity index (χ4n) is 2.37. The SMILES string of the molecule is CC[C@H](C)NC(=O)Cn1c(=O)n(CC)c(=O)c2ccccc21. The lowest BCUT2D eigenvalue weighted by Gasteiger charge is -2.15. The zero-order chi connectivity index (χ0) is 16.3. The Morgan fingerprint density at radius 3 is 2.50 bits per heavy atom. The lowest BCUT2D eigenvalue weighted by atomic mass is 10.2. The number of hydrogen-bond donors (Lipinski definition) is 1. The largest absolute Gasteiger partial charge is 0.352 e. The molecule has 1 atom stereocenters. The van der Waals surface area contributed by atoms with Crippen molar-refractivity contribution in [2.24, 2.45) is 0 Å². The number of para-hydroxylation sites is 1. The van der Waals surface area contributed by atoms with Gasteiger partial charge in [-0.05, 0) is 32.4 Å². The third-order valence-electron chi connectivity index (χ3n) is 3.77. The lowest BCUT2D eigenvalue weighted by Crippen LogP contribution is -2.43. The Bertz CT molecular complexity index is 804. The quantitative estimate of drug-likeness (QED) is 0.899. The minimum atomic E-state index is -0.453. The first-order valence-electron chi connectivity index (χ1n) is 7.51. The lowest BCUT2D eigenvalue weighted by molar-refractivity contribution is -0.122. The zero-order valence-corrected chi connectivity index (χ0v) is 13.1. The van der Waals surface area contributed by atoms with Gasteiger partial charge in [0.2, 0.25) is 5.91 Å². The fourth-order valence-corrected chi connectivity index (χ4v) is 2.37. The van der Waals surface area contributed by atoms with Crippen LogP contribution in [0.2, 0.25) is 0 Å². The maximum absolute atomic E-state index is 12.5. The number of benzene rings is 1. The summed E-state index contributed by atoms with van der Waals surface area (Å²) >= 11 is 0. The molecule has 0 bridgehead atoms. The predicted molar refractivity (Wildman–Crippen MR) is 86.0 cm³/mol. The van der Waals surface area contributed by atoms with Crippen LogP contribution in [0.15, 0.2) is 33.9 Å². The minimum Gasteiger partial charge on any atom is -0.352 e. The first-order valence-corrected chi connectivity index (χ1v) is 7.51. The number of carbonyl (C=O) groups is 1. The molecule has 1 N–H and O–H groups in total. The van der Waals surface area contributed by atoms with Crippen molar-refractivity contribution in [3.05, 3.63) is 45.1 Å². The third-order valence-corrected chi connectivity index (χ3v) is 3.77. The second-order valence-corrected chi connectivity index (χ2v) is 5.31. The Morgan fingerprint density at radius 2 is 1.86 bits per heavy atom. The van der Waals surface area contributed by atoms with Crippen molar-refractivity contribution in [2.75, 3.05) is 0 Å². The summed E-state index contributed by atoms with van der Waals surface area (Å²) in [7, 11) is 0. The molecule has 1 heterocycles. The number of fused-ring (bicyclic) bond motifs is 1. The van der Waals surface area contributed by atoms with E-state index in [1.807, 2.05) is 13.8 Å². The highest BCUT2D eigenvalue weighted by Crippen LogP contribution is 2.07. The molecule has 0 radical (unpaired) electrons. The molecule has 22 heavy (non-hydrogen) atoms. The van der Waals surface area contributed by atoms with Gasteiger partial charge in [0.1, 0.15) is 6.54 Å². The van der Waals surface area contributed by atoms with E-state index in [1.165, 1.54) is 4.57 Å². The summed E-state index contributed by atoms with van der Waals surface area (Å²) in [6, 6.07) is 6.91. The van der Waals surface area contributed by atoms with E-state index in [9.17, 15) is 14.4 Å². The van der Waals surface area contributed by atoms with Crippen molar-refractivity contribution in [1.82, 2.24) is 14.5 Å². The van der Waals surface area contributed by atoms with Crippen molar-refractivity contribution in [3.63, 3.8) is 0 Å². The summed E-state index contributed by atoms with van der Waals surface area (Å²) in [5.74, 6) is -0.233. The van der Waals surface area contributed by atoms with Crippen LogP contribution in [-0.2, 0) is 17.9 Å². The number of carbonyl (C=O) groups excluding carboxylic acids is 1. The molecule has 0 aliphatic heterocycles. The Kier molecular flexibility index (Phi) is 4.80. The zero-order valence-electron chi connectivity index (χ0n) is 13.1. The van der Waals surface area contributed by atoms with Crippen LogP contribution in [0.5, 0.6) is 0 Å². The number of hydrogen-bond acceptors (Lipinski definition) is 3. The van der Waals surface area contributed by atoms with Crippen molar-refractivity contribution in [3.8, 4) is 0 Å². The first kappa shape index (κ1) is 16.0. The molecule has 0 aliphatic carbocycles. The predicted octanol–water partition coefficient (Wildman–Crippen LogP) is 1.10. The van der Waals surface area contributed by atoms with Gasteiger partial charge in [-0.25, -0.2) is 4.79 Å². The fraction of sp³-hybridized carbons (Fsp3) is 0.438. The van der Waals surface area contributed by atoms with E-state index >= 15 is 0 Å². The van der Waals surface area contributed by atoms with Crippen LogP contribution >= 0.6 is 0 Å². The van der Waals surface area contributed by atoms with Crippen LogP contribution in [-0.4, -0.2) is 21.1 Å². The van der Waals surface area contributed by atoms with Crippen LogP contribution < -0.4 is 16.6 Å². The van der Waals surface area contributed by atoms with Gasteiger partial charge in [-0.3, -0.25) is 18.7 Å². The molecule has 118 valence electrons. The van der Waals surface area contributed by atoms with Crippen LogP contribution in [0.3, 0.4) is 0 Å². The molecule has 1 aromatic carbocycles. The highest BCUT2D eigenvalue weighted by Gasteiger charge is 2.14. The second-order valence-electron chi connectivity index (χ2n) is 5.31. The van der Waals surface area contributed by atoms with E-state index in [0.717, 1.165) is 11.0 Å². The number of nitrogens with one attached hydrogen (secondary N) is 1. The molecule has 0 unspecified atom stereocenters. The molecule has 2 aromatic rings. The van der Waals surface area contributed by atoms with Crippen LogP contribution in [0.4, 0.5) is 0 Å². The van der Waals surface area contributed by atoms with E-state index in [-0.39, 0.29) is 30.6 Å². The van der Waals surface area contributed by atoms with Gasteiger partial charge in [0.25, 0.3) is 5.56 Å². The average Bonchev–Trinajstić information content (AvgIpc) is 2.52. The van der Waals surface area contributed by atoms with Crippen molar-refractivity contribution >= 4 is 16.8 Å². The van der Waals surface area contributed by atoms with Crippen LogP contribution in [0.25, 0.3) is 10.9 Å². The van der Waals surface area contributed by atoms with Gasteiger partial charge >= 0.3 is 5.69 Å². The van der Waals surface area contributed by atoms with Crippen LogP contribution in [0, 0.1) is 0 Å². The molecule has 0 saturated carbocycles. The normalized spacial score (nSPS) is 12.3. The summed E-state index contributed by atoms with van der Waals surface area (Å²) < 4.78 is 2.51. The molecule has 6 heteroatoms. The number of rotatable bonds is 5. The molecular weight excluding hydrogens is 282 g/mol. The van der Waals surface area contributed by atoms with E-state index in [2.05, 4.69) is 5.32 Å². The highest BCUT2D eigenvalue weighted by molar-refractivity contribution is 5.81. The third kappa shape index (κ3) is 2.95. The van der Waals surface area contributed by atoms with E-state index in [1.54, 1.807) is 31.2 Å². The standard InChI is InChI=1S/C16H21N3O3/c1-4-11(3)17-14(20)10-19-13-9-7-6-8-12(13)15(21)18(5-2)16(19)22/h6-9,11H,4-5,10H2,1-3H3,(H,17,20)/t11-/m0/s1. The molecule has 2 rings (SSSR count). The molecule has 0 spiro atoms. The summed E-state index contributed by atoms with van der Waals surface area (Å²) in [6.07, 6.45) is 0.815. The Labute approximate surface area is 128 Å². The average molecular weight is 303 g/mol. The van der Waals surface area contributed by atoms with Crippen molar-refractivity contribution in [2.45, 2.75) is 46.3 Å². The summed E-state index contributed by atoms with van der Waals surface area (Å²) in [6.45, 7) is 5.80. The number of amides is 1. The maximum atomic E-state index is 12.5. The molecule has 1 amide bonds. The Morgan fingerprint density at radius 1 is 1.18 bits per heavy atom. The smallest absolute Gasteiger partial charge is 0.331 e. The Hall–Kier alpha value is -2.37. The summed E-state index contributed by atoms with van der Waals surface area (Å²) in [5.41, 5.74) is -0.284. The summed E-state index contributed by atoms with van der Waals surface area (Å²) in [4.78, 5) is 36.9. The number of aromatic nitrogens is 2. The monoisotopic (exact) mass is 303 g/mol. The Balaban J connectivity index is 2.56. The van der Waals surface area contributed by atoms with E-state index in [0.29, 0.717) is 10.9 Å². The van der Waals surface area contributed by atoms with Gasteiger partial charge in [-0.2, -0.15) is 0 Å². The topological polar surface area (TPSA) is 73.1 Å². The van der Waals surface area contributed by atoms with Gasteiger partial charge < -0.3 is 5.32 Å². The summed E-state index contributed by atoms with van der Waals surface area (Å²) in [5, 5.41) is 3.28. The molecule has 1 aromatic heterocycles. The first-order chi connectivity index (χ1) is 10.5. The molecular formula is C16H21N3O3. The van der Waals surface area contributed by atoms with Crippen LogP contribution in [0.1, 0.15) is 27.2 Å². The second kappa shape index (κ2) is 6.60. The van der Waals surface area contributed by atoms with Gasteiger partial charge in [0.15, 0.2) is 0 Å². The van der Waals surface area contributed by atoms with Crippen molar-refractivity contribution in [1.29, 1.82) is 0 Å².